The molecule has 1 atom stereocenters. The van der Waals surface area contributed by atoms with Crippen LogP contribution in [0.2, 0.25) is 0 Å². The number of hydrogen-bond acceptors (Lipinski definition) is 2. The molecule has 0 heterocycles. The molecule has 0 aromatic rings. The van der Waals surface area contributed by atoms with Gasteiger partial charge in [-0.05, 0) is 12.8 Å². The minimum atomic E-state index is -4.17. The molecular formula is C17H31F3N4. The van der Waals surface area contributed by atoms with Gasteiger partial charge < -0.3 is 10.6 Å². The Kier molecular flexibility index (Phi) is 11.2. The van der Waals surface area contributed by atoms with Crippen molar-refractivity contribution in [1.29, 1.82) is 0 Å². The molecule has 0 amide bonds. The fraction of sp³-hybridized carbons (Fsp3) is 0.706. The number of guanidine groups is 1. The summed E-state index contributed by atoms with van der Waals surface area (Å²) >= 11 is 0. The van der Waals surface area contributed by atoms with Crippen LogP contribution >= 0.6 is 0 Å². The molecule has 0 rings (SSSR count). The summed E-state index contributed by atoms with van der Waals surface area (Å²) in [4.78, 5) is 6.66. The first-order valence-corrected chi connectivity index (χ1v) is 8.29. The summed E-state index contributed by atoms with van der Waals surface area (Å²) in [6, 6.07) is 0.152. The minimum absolute atomic E-state index is 0.152. The molecule has 0 fully saturated rings. The highest BCUT2D eigenvalue weighted by molar-refractivity contribution is 5.79. The largest absolute Gasteiger partial charge is 0.390 e. The highest BCUT2D eigenvalue weighted by atomic mass is 19.4. The van der Waals surface area contributed by atoms with E-state index in [2.05, 4.69) is 47.5 Å². The van der Waals surface area contributed by atoms with E-state index in [4.69, 9.17) is 0 Å². The van der Waals surface area contributed by atoms with Gasteiger partial charge in [0.2, 0.25) is 0 Å². The van der Waals surface area contributed by atoms with Gasteiger partial charge in [0.25, 0.3) is 0 Å². The molecule has 0 saturated carbocycles. The molecule has 0 bridgehead atoms. The Balaban J connectivity index is 4.88. The van der Waals surface area contributed by atoms with Crippen LogP contribution in [0.3, 0.4) is 0 Å². The van der Waals surface area contributed by atoms with Crippen LogP contribution < -0.4 is 10.6 Å². The van der Waals surface area contributed by atoms with E-state index in [1.54, 1.807) is 0 Å². The third kappa shape index (κ3) is 10.3. The lowest BCUT2D eigenvalue weighted by molar-refractivity contribution is -0.132. The summed E-state index contributed by atoms with van der Waals surface area (Å²) in [7, 11) is 0. The van der Waals surface area contributed by atoms with Crippen LogP contribution in [0.5, 0.6) is 0 Å². The fourth-order valence-electron chi connectivity index (χ4n) is 2.27. The number of alkyl halides is 3. The Bertz CT molecular complexity index is 382. The molecule has 0 aromatic carbocycles. The molecule has 7 heteroatoms. The molecule has 0 aliphatic carbocycles. The first-order valence-electron chi connectivity index (χ1n) is 8.29. The van der Waals surface area contributed by atoms with Crippen molar-refractivity contribution in [3.8, 4) is 0 Å². The Morgan fingerprint density at radius 2 is 1.75 bits per heavy atom. The van der Waals surface area contributed by atoms with Crippen molar-refractivity contribution < 1.29 is 13.2 Å². The van der Waals surface area contributed by atoms with Crippen molar-refractivity contribution >= 4 is 5.96 Å². The highest BCUT2D eigenvalue weighted by Gasteiger charge is 2.26. The number of halogens is 3. The summed E-state index contributed by atoms with van der Waals surface area (Å²) in [5.41, 5.74) is 0. The maximum atomic E-state index is 12.3. The number of aliphatic imine (C=N–C) groups is 1. The van der Waals surface area contributed by atoms with Crippen LogP contribution in [0.15, 0.2) is 30.3 Å². The Morgan fingerprint density at radius 1 is 1.17 bits per heavy atom. The molecule has 2 N–H and O–H groups in total. The molecule has 0 aliphatic rings. The number of hydrogen-bond donors (Lipinski definition) is 2. The lowest BCUT2D eigenvalue weighted by atomic mass is 10.0. The first-order chi connectivity index (χ1) is 11.2. The van der Waals surface area contributed by atoms with E-state index < -0.39 is 12.6 Å². The average molecular weight is 348 g/mol. The molecule has 0 saturated heterocycles. The second-order valence-electron chi connectivity index (χ2n) is 5.85. The van der Waals surface area contributed by atoms with Crippen LogP contribution in [0, 0.1) is 5.92 Å². The normalized spacial score (nSPS) is 13.9. The molecular weight excluding hydrogens is 317 g/mol. The van der Waals surface area contributed by atoms with Gasteiger partial charge in [0.1, 0.15) is 0 Å². The summed E-state index contributed by atoms with van der Waals surface area (Å²) in [5, 5.41) is 5.71. The maximum absolute atomic E-state index is 12.3. The van der Waals surface area contributed by atoms with Gasteiger partial charge >= 0.3 is 6.18 Å². The topological polar surface area (TPSA) is 39.7 Å². The van der Waals surface area contributed by atoms with Crippen molar-refractivity contribution in [1.82, 2.24) is 15.5 Å². The smallest absolute Gasteiger partial charge is 0.357 e. The third-order valence-corrected chi connectivity index (χ3v) is 3.45. The van der Waals surface area contributed by atoms with Crippen LogP contribution in [-0.2, 0) is 0 Å². The molecule has 0 radical (unpaired) electrons. The van der Waals surface area contributed by atoms with Crippen molar-refractivity contribution in [2.45, 2.75) is 39.4 Å². The maximum Gasteiger partial charge on any atom is 0.390 e. The Hall–Kier alpha value is -1.50. The van der Waals surface area contributed by atoms with Gasteiger partial charge in [-0.1, -0.05) is 26.0 Å². The van der Waals surface area contributed by atoms with Crippen molar-refractivity contribution in [3.05, 3.63) is 25.3 Å². The van der Waals surface area contributed by atoms with E-state index in [1.807, 2.05) is 19.1 Å². The standard InChI is InChI=1S/C17H31F3N4/c1-6-11-24(12-7-2)15(14(4)5)13-23-16(21-8-3)22-10-9-17(18,19)20/h6-7,14-15H,1-2,8-13H2,3-5H3,(H2,21,22,23). The number of rotatable bonds is 11. The fourth-order valence-corrected chi connectivity index (χ4v) is 2.27. The first kappa shape index (κ1) is 22.5. The van der Waals surface area contributed by atoms with Crippen LogP contribution in [-0.4, -0.2) is 55.8 Å². The summed E-state index contributed by atoms with van der Waals surface area (Å²) in [6.45, 7) is 15.9. The molecule has 140 valence electrons. The van der Waals surface area contributed by atoms with Gasteiger partial charge in [-0.25, -0.2) is 0 Å². The number of nitrogens with zero attached hydrogens (tertiary/aromatic N) is 2. The SMILES string of the molecule is C=CCN(CC=C)C(CN=C(NCC)NCCC(F)(F)F)C(C)C. The zero-order valence-corrected chi connectivity index (χ0v) is 15.0. The quantitative estimate of drug-likeness (QED) is 0.342. The molecule has 1 unspecified atom stereocenters. The van der Waals surface area contributed by atoms with Crippen LogP contribution in [0.25, 0.3) is 0 Å². The van der Waals surface area contributed by atoms with E-state index in [0.717, 1.165) is 0 Å². The molecule has 24 heavy (non-hydrogen) atoms. The van der Waals surface area contributed by atoms with E-state index in [-0.39, 0.29) is 12.6 Å². The third-order valence-electron chi connectivity index (χ3n) is 3.45. The predicted octanol–water partition coefficient (Wildman–Crippen LogP) is 3.19. The van der Waals surface area contributed by atoms with E-state index in [9.17, 15) is 13.2 Å². The monoisotopic (exact) mass is 348 g/mol. The summed E-state index contributed by atoms with van der Waals surface area (Å²) in [5.74, 6) is 0.747. The molecule has 0 aromatic heterocycles. The van der Waals surface area contributed by atoms with Gasteiger partial charge in [-0.15, -0.1) is 13.2 Å². The lowest BCUT2D eigenvalue weighted by Crippen LogP contribution is -2.44. The van der Waals surface area contributed by atoms with Crippen molar-refractivity contribution in [2.24, 2.45) is 10.9 Å². The van der Waals surface area contributed by atoms with Crippen LogP contribution in [0.4, 0.5) is 13.2 Å². The lowest BCUT2D eigenvalue weighted by Gasteiger charge is -2.32. The molecule has 0 aliphatic heterocycles. The Morgan fingerprint density at radius 3 is 2.17 bits per heavy atom. The van der Waals surface area contributed by atoms with E-state index >= 15 is 0 Å². The molecule has 4 nitrogen and oxygen atoms in total. The predicted molar refractivity (Wildman–Crippen MR) is 95.2 cm³/mol. The average Bonchev–Trinajstić information content (AvgIpc) is 2.46. The highest BCUT2D eigenvalue weighted by Crippen LogP contribution is 2.18. The number of nitrogens with one attached hydrogen (secondary N) is 2. The minimum Gasteiger partial charge on any atom is -0.357 e. The van der Waals surface area contributed by atoms with E-state index in [1.165, 1.54) is 0 Å². The van der Waals surface area contributed by atoms with Gasteiger partial charge in [0.15, 0.2) is 5.96 Å². The van der Waals surface area contributed by atoms with E-state index in [0.29, 0.717) is 38.1 Å². The van der Waals surface area contributed by atoms with Gasteiger partial charge in [0, 0.05) is 32.2 Å². The van der Waals surface area contributed by atoms with Gasteiger partial charge in [-0.3, -0.25) is 9.89 Å². The van der Waals surface area contributed by atoms with Crippen molar-refractivity contribution in [3.63, 3.8) is 0 Å². The van der Waals surface area contributed by atoms with Gasteiger partial charge in [0.05, 0.1) is 13.0 Å². The zero-order chi connectivity index (χ0) is 18.6. The summed E-state index contributed by atoms with van der Waals surface area (Å²) in [6.07, 6.45) is -1.40. The second-order valence-corrected chi connectivity index (χ2v) is 5.85. The van der Waals surface area contributed by atoms with Crippen LogP contribution in [0.1, 0.15) is 27.2 Å². The van der Waals surface area contributed by atoms with Gasteiger partial charge in [-0.2, -0.15) is 13.2 Å². The second kappa shape index (κ2) is 11.9. The van der Waals surface area contributed by atoms with Crippen molar-refractivity contribution in [2.75, 3.05) is 32.7 Å². The molecule has 0 spiro atoms. The zero-order valence-electron chi connectivity index (χ0n) is 15.0. The summed E-state index contributed by atoms with van der Waals surface area (Å²) < 4.78 is 36.8. The Labute approximate surface area is 143 Å².